The van der Waals surface area contributed by atoms with Crippen LogP contribution in [0.3, 0.4) is 0 Å². The molecule has 2 aliphatic heterocycles. The quantitative estimate of drug-likeness (QED) is 0.676. The number of ether oxygens (including phenoxy) is 3. The van der Waals surface area contributed by atoms with E-state index in [1.54, 1.807) is 29.3 Å². The van der Waals surface area contributed by atoms with Crippen LogP contribution in [0.25, 0.3) is 0 Å². The van der Waals surface area contributed by atoms with E-state index in [0.29, 0.717) is 17.9 Å². The summed E-state index contributed by atoms with van der Waals surface area (Å²) < 4.78 is 15.4. The molecule has 0 bridgehead atoms. The number of esters is 2. The number of amides is 1. The number of hydrogen-bond donors (Lipinski definition) is 0. The van der Waals surface area contributed by atoms with Crippen molar-refractivity contribution < 1.29 is 28.6 Å². The molecule has 0 spiro atoms. The Labute approximate surface area is 181 Å². The molecule has 0 N–H and O–H groups in total. The summed E-state index contributed by atoms with van der Waals surface area (Å²) >= 11 is 0. The Morgan fingerprint density at radius 2 is 1.77 bits per heavy atom. The third kappa shape index (κ3) is 4.18. The molecule has 0 aliphatic carbocycles. The first kappa shape index (κ1) is 22.5. The van der Waals surface area contributed by atoms with Gasteiger partial charge in [-0.3, -0.25) is 9.79 Å². The Balaban J connectivity index is 2.40. The zero-order valence-electron chi connectivity index (χ0n) is 18.6. The summed E-state index contributed by atoms with van der Waals surface area (Å²) in [5, 5.41) is 3.12. The van der Waals surface area contributed by atoms with E-state index in [9.17, 15) is 14.4 Å². The molecule has 2 aliphatic rings. The lowest BCUT2D eigenvalue weighted by Gasteiger charge is -2.41. The van der Waals surface area contributed by atoms with Gasteiger partial charge in [-0.25, -0.2) is 14.6 Å². The maximum absolute atomic E-state index is 13.0. The number of methoxy groups -OCH3 is 3. The smallest absolute Gasteiger partial charge is 0.342 e. The van der Waals surface area contributed by atoms with Crippen LogP contribution >= 0.6 is 0 Å². The van der Waals surface area contributed by atoms with E-state index in [0.717, 1.165) is 0 Å². The zero-order chi connectivity index (χ0) is 22.9. The van der Waals surface area contributed by atoms with Crippen molar-refractivity contribution in [3.63, 3.8) is 0 Å². The molecule has 1 atom stereocenters. The van der Waals surface area contributed by atoms with Crippen LogP contribution in [0.1, 0.15) is 38.8 Å². The SMILES string of the molecule is COC(=O)C1=C(C(=O)OC)C(c2cccc(OC)c2)N2CCC(=O)N2C1=NC(C)(C)C. The van der Waals surface area contributed by atoms with Crippen LogP contribution in [0.5, 0.6) is 5.75 Å². The summed E-state index contributed by atoms with van der Waals surface area (Å²) in [5.74, 6) is -1.03. The van der Waals surface area contributed by atoms with Crippen molar-refractivity contribution in [2.45, 2.75) is 38.8 Å². The van der Waals surface area contributed by atoms with E-state index >= 15 is 0 Å². The Bertz CT molecular complexity index is 976. The number of carbonyl (C=O) groups is 3. The van der Waals surface area contributed by atoms with Crippen LogP contribution in [0.2, 0.25) is 0 Å². The first-order valence-electron chi connectivity index (χ1n) is 9.87. The van der Waals surface area contributed by atoms with Crippen LogP contribution in [0, 0.1) is 0 Å². The number of rotatable bonds is 4. The van der Waals surface area contributed by atoms with E-state index in [2.05, 4.69) is 4.99 Å². The number of hydrogen-bond acceptors (Lipinski definition) is 8. The Hall–Kier alpha value is -3.20. The molecule has 166 valence electrons. The first-order chi connectivity index (χ1) is 14.6. The van der Waals surface area contributed by atoms with Gasteiger partial charge < -0.3 is 14.2 Å². The fraction of sp³-hybridized carbons (Fsp3) is 0.455. The average Bonchev–Trinajstić information content (AvgIpc) is 3.12. The molecule has 1 unspecified atom stereocenters. The summed E-state index contributed by atoms with van der Waals surface area (Å²) in [6.45, 7) is 5.86. The van der Waals surface area contributed by atoms with Gasteiger partial charge in [0.2, 0.25) is 5.91 Å². The van der Waals surface area contributed by atoms with Crippen molar-refractivity contribution >= 4 is 23.7 Å². The van der Waals surface area contributed by atoms with Crippen molar-refractivity contribution in [2.24, 2.45) is 4.99 Å². The van der Waals surface area contributed by atoms with Crippen LogP contribution in [-0.2, 0) is 23.9 Å². The van der Waals surface area contributed by atoms with Gasteiger partial charge >= 0.3 is 11.9 Å². The number of benzene rings is 1. The summed E-state index contributed by atoms with van der Waals surface area (Å²) in [5.41, 5.74) is 0.0171. The van der Waals surface area contributed by atoms with Gasteiger partial charge in [0.1, 0.15) is 11.3 Å². The van der Waals surface area contributed by atoms with Crippen molar-refractivity contribution in [3.05, 3.63) is 41.0 Å². The lowest BCUT2D eigenvalue weighted by Crippen LogP contribution is -2.53. The highest BCUT2D eigenvalue weighted by Gasteiger charge is 2.50. The van der Waals surface area contributed by atoms with Crippen molar-refractivity contribution in [3.8, 4) is 5.75 Å². The van der Waals surface area contributed by atoms with Crippen LogP contribution in [0.4, 0.5) is 0 Å². The van der Waals surface area contributed by atoms with Crippen molar-refractivity contribution in [1.82, 2.24) is 10.0 Å². The summed E-state index contributed by atoms with van der Waals surface area (Å²) in [4.78, 5) is 43.5. The predicted molar refractivity (Wildman–Crippen MR) is 112 cm³/mol. The molecule has 1 amide bonds. The fourth-order valence-corrected chi connectivity index (χ4v) is 3.75. The van der Waals surface area contributed by atoms with Gasteiger partial charge in [0, 0.05) is 13.0 Å². The molecule has 0 saturated carbocycles. The van der Waals surface area contributed by atoms with E-state index in [1.165, 1.54) is 26.3 Å². The summed E-state index contributed by atoms with van der Waals surface area (Å²) in [6.07, 6.45) is 0.215. The molecule has 1 saturated heterocycles. The van der Waals surface area contributed by atoms with E-state index in [4.69, 9.17) is 14.2 Å². The topological polar surface area (TPSA) is 97.7 Å². The van der Waals surface area contributed by atoms with E-state index in [-0.39, 0.29) is 29.3 Å². The molecule has 3 rings (SSSR count). The number of hydrazine groups is 1. The van der Waals surface area contributed by atoms with Crippen LogP contribution in [-0.4, -0.2) is 67.1 Å². The molecule has 1 aromatic rings. The second-order valence-electron chi connectivity index (χ2n) is 8.18. The van der Waals surface area contributed by atoms with Crippen LogP contribution < -0.4 is 4.74 Å². The lowest BCUT2D eigenvalue weighted by molar-refractivity contribution is -0.142. The normalized spacial score (nSPS) is 20.7. The predicted octanol–water partition coefficient (Wildman–Crippen LogP) is 2.04. The molecule has 1 fully saturated rings. The number of aliphatic imine (C=N–C) groups is 1. The third-order valence-corrected chi connectivity index (χ3v) is 4.96. The molecule has 31 heavy (non-hydrogen) atoms. The van der Waals surface area contributed by atoms with Crippen molar-refractivity contribution in [2.75, 3.05) is 27.9 Å². The first-order valence-corrected chi connectivity index (χ1v) is 9.87. The fourth-order valence-electron chi connectivity index (χ4n) is 3.75. The van der Waals surface area contributed by atoms with E-state index < -0.39 is 23.5 Å². The summed E-state index contributed by atoms with van der Waals surface area (Å²) in [7, 11) is 4.00. The molecule has 9 nitrogen and oxygen atoms in total. The molecule has 9 heteroatoms. The number of carbonyl (C=O) groups excluding carboxylic acids is 3. The largest absolute Gasteiger partial charge is 0.497 e. The van der Waals surface area contributed by atoms with Gasteiger partial charge in [0.15, 0.2) is 5.84 Å². The van der Waals surface area contributed by atoms with Gasteiger partial charge in [-0.05, 0) is 38.5 Å². The minimum absolute atomic E-state index is 0.0663. The van der Waals surface area contributed by atoms with Gasteiger partial charge in [0.25, 0.3) is 0 Å². The van der Waals surface area contributed by atoms with Gasteiger partial charge in [-0.15, -0.1) is 0 Å². The minimum Gasteiger partial charge on any atom is -0.497 e. The highest BCUT2D eigenvalue weighted by Crippen LogP contribution is 2.42. The zero-order valence-corrected chi connectivity index (χ0v) is 18.6. The summed E-state index contributed by atoms with van der Waals surface area (Å²) in [6, 6.07) is 6.35. The third-order valence-electron chi connectivity index (χ3n) is 4.96. The van der Waals surface area contributed by atoms with Crippen LogP contribution in [0.15, 0.2) is 40.4 Å². The Morgan fingerprint density at radius 3 is 2.35 bits per heavy atom. The van der Waals surface area contributed by atoms with Crippen molar-refractivity contribution in [1.29, 1.82) is 0 Å². The minimum atomic E-state index is -0.768. The number of fused-ring (bicyclic) bond motifs is 1. The monoisotopic (exact) mass is 429 g/mol. The maximum Gasteiger partial charge on any atom is 0.342 e. The maximum atomic E-state index is 13.0. The highest BCUT2D eigenvalue weighted by molar-refractivity contribution is 6.26. The standard InChI is InChI=1S/C22H27N3O6/c1-22(2,3)23-19-17(21(28)31-6)16(20(27)30-5)18(24-11-10-15(26)25(19)24)13-8-7-9-14(12-13)29-4/h7-9,12,18H,10-11H2,1-6H3. The molecular weight excluding hydrogens is 402 g/mol. The highest BCUT2D eigenvalue weighted by atomic mass is 16.5. The molecule has 2 heterocycles. The van der Waals surface area contributed by atoms with Gasteiger partial charge in [-0.1, -0.05) is 12.1 Å². The van der Waals surface area contributed by atoms with Gasteiger partial charge in [0.05, 0.1) is 38.5 Å². The Kier molecular flexibility index (Phi) is 6.17. The second-order valence-corrected chi connectivity index (χ2v) is 8.18. The number of amidine groups is 1. The molecular formula is C22H27N3O6. The Morgan fingerprint density at radius 1 is 1.10 bits per heavy atom. The average molecular weight is 429 g/mol. The molecule has 0 radical (unpaired) electrons. The van der Waals surface area contributed by atoms with Gasteiger partial charge in [-0.2, -0.15) is 5.01 Å². The molecule has 0 aromatic heterocycles. The lowest BCUT2D eigenvalue weighted by atomic mass is 9.90. The second kappa shape index (κ2) is 8.50. The van der Waals surface area contributed by atoms with E-state index in [1.807, 2.05) is 20.8 Å². The molecule has 1 aromatic carbocycles. The number of nitrogens with zero attached hydrogens (tertiary/aromatic N) is 3.